The van der Waals surface area contributed by atoms with Gasteiger partial charge in [0.15, 0.2) is 0 Å². The van der Waals surface area contributed by atoms with E-state index in [1.54, 1.807) is 0 Å². The van der Waals surface area contributed by atoms with Crippen LogP contribution >= 0.6 is 0 Å². The summed E-state index contributed by atoms with van der Waals surface area (Å²) in [6.45, 7) is 5.30. The van der Waals surface area contributed by atoms with Crippen LogP contribution in [0.4, 0.5) is 0 Å². The third-order valence-electron chi connectivity index (χ3n) is 3.30. The summed E-state index contributed by atoms with van der Waals surface area (Å²) >= 11 is 0. The standard InChI is InChI=1S/C13H17O/c1-3-13(4-2)9-11-7-5-6-8-12(11)14-10-13/h5-9H,3-4,10H2,1-2H3. The first kappa shape index (κ1) is 9.57. The van der Waals surface area contributed by atoms with Crippen LogP contribution in [0, 0.1) is 11.8 Å². The summed E-state index contributed by atoms with van der Waals surface area (Å²) in [5.74, 6) is 1.03. The summed E-state index contributed by atoms with van der Waals surface area (Å²) in [5, 5.41) is 0. The molecule has 1 aromatic rings. The van der Waals surface area contributed by atoms with Gasteiger partial charge in [-0.1, -0.05) is 32.0 Å². The van der Waals surface area contributed by atoms with Crippen LogP contribution in [0.25, 0.3) is 0 Å². The zero-order valence-corrected chi connectivity index (χ0v) is 8.92. The van der Waals surface area contributed by atoms with Crippen molar-refractivity contribution in [2.75, 3.05) is 6.61 Å². The molecule has 0 bridgehead atoms. The molecule has 1 radical (unpaired) electrons. The molecule has 1 heterocycles. The van der Waals surface area contributed by atoms with E-state index in [-0.39, 0.29) is 5.41 Å². The van der Waals surface area contributed by atoms with Crippen LogP contribution in [0.1, 0.15) is 32.3 Å². The van der Waals surface area contributed by atoms with Crippen LogP contribution in [-0.4, -0.2) is 6.61 Å². The Morgan fingerprint density at radius 1 is 1.21 bits per heavy atom. The van der Waals surface area contributed by atoms with Crippen LogP contribution < -0.4 is 4.74 Å². The molecule has 0 unspecified atom stereocenters. The second-order valence-corrected chi connectivity index (χ2v) is 4.04. The van der Waals surface area contributed by atoms with Gasteiger partial charge in [-0.3, -0.25) is 0 Å². The molecule has 0 fully saturated rings. The third kappa shape index (κ3) is 1.52. The lowest BCUT2D eigenvalue weighted by Gasteiger charge is -2.36. The molecular weight excluding hydrogens is 172 g/mol. The van der Waals surface area contributed by atoms with E-state index in [1.807, 2.05) is 12.1 Å². The van der Waals surface area contributed by atoms with Crippen molar-refractivity contribution in [3.05, 3.63) is 36.2 Å². The van der Waals surface area contributed by atoms with Gasteiger partial charge >= 0.3 is 0 Å². The molecule has 1 aromatic carbocycles. The minimum atomic E-state index is 0.258. The van der Waals surface area contributed by atoms with Crippen molar-refractivity contribution >= 4 is 0 Å². The van der Waals surface area contributed by atoms with Gasteiger partial charge in [0, 0.05) is 11.8 Å². The van der Waals surface area contributed by atoms with Crippen molar-refractivity contribution in [1.29, 1.82) is 0 Å². The van der Waals surface area contributed by atoms with Crippen molar-refractivity contribution in [1.82, 2.24) is 0 Å². The molecule has 1 aliphatic heterocycles. The van der Waals surface area contributed by atoms with Crippen LogP contribution in [0.5, 0.6) is 5.75 Å². The smallest absolute Gasteiger partial charge is 0.122 e. The second-order valence-electron chi connectivity index (χ2n) is 4.04. The van der Waals surface area contributed by atoms with Crippen molar-refractivity contribution in [2.24, 2.45) is 5.41 Å². The monoisotopic (exact) mass is 189 g/mol. The topological polar surface area (TPSA) is 9.23 Å². The summed E-state index contributed by atoms with van der Waals surface area (Å²) in [7, 11) is 0. The SMILES string of the molecule is CCC1(CC)[CH]c2ccccc2OC1. The van der Waals surface area contributed by atoms with Gasteiger partial charge in [0.2, 0.25) is 0 Å². The molecule has 1 nitrogen and oxygen atoms in total. The fourth-order valence-electron chi connectivity index (χ4n) is 1.98. The maximum atomic E-state index is 5.79. The molecular formula is C13H17O. The largest absolute Gasteiger partial charge is 0.493 e. The first-order valence-corrected chi connectivity index (χ1v) is 5.37. The molecule has 0 amide bonds. The molecule has 1 aliphatic rings. The normalized spacial score (nSPS) is 18.4. The van der Waals surface area contributed by atoms with Crippen LogP contribution in [0.3, 0.4) is 0 Å². The summed E-state index contributed by atoms with van der Waals surface area (Å²) in [6.07, 6.45) is 4.68. The predicted octanol–water partition coefficient (Wildman–Crippen LogP) is 3.44. The zero-order chi connectivity index (χ0) is 10.0. The average molecular weight is 189 g/mol. The molecule has 75 valence electrons. The maximum Gasteiger partial charge on any atom is 0.122 e. The number of rotatable bonds is 2. The minimum Gasteiger partial charge on any atom is -0.493 e. The van der Waals surface area contributed by atoms with E-state index in [0.717, 1.165) is 25.2 Å². The lowest BCUT2D eigenvalue weighted by Crippen LogP contribution is -2.32. The zero-order valence-electron chi connectivity index (χ0n) is 8.92. The van der Waals surface area contributed by atoms with E-state index < -0.39 is 0 Å². The lowest BCUT2D eigenvalue weighted by molar-refractivity contribution is 0.150. The van der Waals surface area contributed by atoms with Gasteiger partial charge in [0.05, 0.1) is 6.61 Å². The third-order valence-corrected chi connectivity index (χ3v) is 3.30. The number of hydrogen-bond acceptors (Lipinski definition) is 1. The van der Waals surface area contributed by atoms with Gasteiger partial charge in [0.1, 0.15) is 5.75 Å². The van der Waals surface area contributed by atoms with Crippen LogP contribution in [0.15, 0.2) is 24.3 Å². The van der Waals surface area contributed by atoms with E-state index >= 15 is 0 Å². The van der Waals surface area contributed by atoms with E-state index in [1.165, 1.54) is 5.56 Å². The molecule has 0 saturated heterocycles. The molecule has 0 atom stereocenters. The summed E-state index contributed by atoms with van der Waals surface area (Å²) < 4.78 is 5.79. The Hall–Kier alpha value is -0.980. The highest BCUT2D eigenvalue weighted by Gasteiger charge is 2.32. The molecule has 0 aliphatic carbocycles. The minimum absolute atomic E-state index is 0.258. The first-order chi connectivity index (χ1) is 6.79. The fourth-order valence-corrected chi connectivity index (χ4v) is 1.98. The van der Waals surface area contributed by atoms with Gasteiger partial charge in [-0.25, -0.2) is 0 Å². The van der Waals surface area contributed by atoms with Crippen LogP contribution in [0.2, 0.25) is 0 Å². The number of para-hydroxylation sites is 1. The summed E-state index contributed by atoms with van der Waals surface area (Å²) in [4.78, 5) is 0. The highest BCUT2D eigenvalue weighted by atomic mass is 16.5. The lowest BCUT2D eigenvalue weighted by atomic mass is 9.76. The molecule has 0 N–H and O–H groups in total. The van der Waals surface area contributed by atoms with E-state index in [4.69, 9.17) is 4.74 Å². The van der Waals surface area contributed by atoms with Crippen molar-refractivity contribution < 1.29 is 4.74 Å². The van der Waals surface area contributed by atoms with E-state index in [2.05, 4.69) is 32.4 Å². The van der Waals surface area contributed by atoms with Gasteiger partial charge in [0.25, 0.3) is 0 Å². The van der Waals surface area contributed by atoms with Crippen molar-refractivity contribution in [3.8, 4) is 5.75 Å². The predicted molar refractivity (Wildman–Crippen MR) is 58.4 cm³/mol. The van der Waals surface area contributed by atoms with Gasteiger partial charge in [-0.15, -0.1) is 0 Å². The van der Waals surface area contributed by atoms with E-state index in [0.29, 0.717) is 0 Å². The Kier molecular flexibility index (Phi) is 2.49. The Morgan fingerprint density at radius 2 is 1.93 bits per heavy atom. The molecule has 0 saturated carbocycles. The highest BCUT2D eigenvalue weighted by Crippen LogP contribution is 2.40. The number of hydrogen-bond donors (Lipinski definition) is 0. The molecule has 14 heavy (non-hydrogen) atoms. The van der Waals surface area contributed by atoms with Gasteiger partial charge < -0.3 is 4.74 Å². The Balaban J connectivity index is 2.28. The van der Waals surface area contributed by atoms with Gasteiger partial charge in [-0.05, 0) is 24.5 Å². The fraction of sp³-hybridized carbons (Fsp3) is 0.462. The molecule has 2 rings (SSSR count). The van der Waals surface area contributed by atoms with Crippen molar-refractivity contribution in [3.63, 3.8) is 0 Å². The summed E-state index contributed by atoms with van der Waals surface area (Å²) in [5.41, 5.74) is 1.51. The quantitative estimate of drug-likeness (QED) is 0.692. The number of ether oxygens (including phenoxy) is 1. The molecule has 1 heteroatoms. The van der Waals surface area contributed by atoms with Crippen LogP contribution in [-0.2, 0) is 0 Å². The van der Waals surface area contributed by atoms with E-state index in [9.17, 15) is 0 Å². The maximum absolute atomic E-state index is 5.79. The summed E-state index contributed by atoms with van der Waals surface area (Å²) in [6, 6.07) is 8.27. The number of benzene rings is 1. The molecule has 0 aromatic heterocycles. The molecule has 0 spiro atoms. The Labute approximate surface area is 86.1 Å². The Morgan fingerprint density at radius 3 is 2.64 bits per heavy atom. The first-order valence-electron chi connectivity index (χ1n) is 5.37. The number of fused-ring (bicyclic) bond motifs is 1. The van der Waals surface area contributed by atoms with Gasteiger partial charge in [-0.2, -0.15) is 0 Å². The highest BCUT2D eigenvalue weighted by molar-refractivity contribution is 5.42. The van der Waals surface area contributed by atoms with Crippen molar-refractivity contribution in [2.45, 2.75) is 26.7 Å². The Bertz CT molecular complexity index is 313. The second kappa shape index (κ2) is 3.64. The average Bonchev–Trinajstić information content (AvgIpc) is 2.28.